The van der Waals surface area contributed by atoms with Gasteiger partial charge in [-0.15, -0.1) is 0 Å². The van der Waals surface area contributed by atoms with Gasteiger partial charge < -0.3 is 29.5 Å². The van der Waals surface area contributed by atoms with Crippen LogP contribution in [0.5, 0.6) is 17.2 Å². The number of nitrogens with one attached hydrogen (secondary N) is 1. The molecule has 1 fully saturated rings. The monoisotopic (exact) mass is 603 g/mol. The van der Waals surface area contributed by atoms with Crippen molar-refractivity contribution in [3.05, 3.63) is 83.9 Å². The van der Waals surface area contributed by atoms with Crippen LogP contribution in [-0.2, 0) is 17.0 Å². The SMILES string of the molecule is C=CC(=O)N1CCC(Oc2cc3c(Nc4cc(Cl)c(OCc5ccccn5)cc4C(C)(C)O)ncnc3cc2OC)CC1. The Morgan fingerprint density at radius 3 is 2.60 bits per heavy atom. The molecule has 2 N–H and O–H groups in total. The normalized spacial score (nSPS) is 13.9. The highest BCUT2D eigenvalue weighted by Crippen LogP contribution is 2.40. The molecular weight excluding hydrogens is 570 g/mol. The van der Waals surface area contributed by atoms with Gasteiger partial charge in [-0.3, -0.25) is 9.78 Å². The topological polar surface area (TPSA) is 119 Å². The van der Waals surface area contributed by atoms with E-state index in [1.807, 2.05) is 24.3 Å². The molecule has 1 aliphatic heterocycles. The molecule has 2 aromatic carbocycles. The van der Waals surface area contributed by atoms with E-state index in [0.29, 0.717) is 76.2 Å². The first-order valence-electron chi connectivity index (χ1n) is 13.9. The molecule has 2 aromatic heterocycles. The molecule has 224 valence electrons. The maximum absolute atomic E-state index is 12.0. The Balaban J connectivity index is 1.44. The van der Waals surface area contributed by atoms with E-state index in [1.54, 1.807) is 50.3 Å². The molecular formula is C32H34ClN5O5. The first kappa shape index (κ1) is 30.1. The van der Waals surface area contributed by atoms with Crippen molar-refractivity contribution in [1.82, 2.24) is 19.9 Å². The van der Waals surface area contributed by atoms with Gasteiger partial charge in [0.2, 0.25) is 5.91 Å². The number of nitrogens with zero attached hydrogens (tertiary/aromatic N) is 4. The standard InChI is InChI=1S/C32H34ClN5O5/c1-5-30(39)38-12-9-21(10-13-38)43-29-14-22-25(17-28(29)41-4)35-19-36-31(22)37-26-16-24(33)27(15-23(26)32(2,3)40)42-18-20-8-6-7-11-34-20/h5-8,11,14-17,19,21,40H,1,9-10,12-13,18H2,2-4H3,(H,35,36,37). The van der Waals surface area contributed by atoms with Crippen molar-refractivity contribution in [3.63, 3.8) is 0 Å². The molecule has 1 aliphatic rings. The van der Waals surface area contributed by atoms with Gasteiger partial charge >= 0.3 is 0 Å². The van der Waals surface area contributed by atoms with Gasteiger partial charge in [0.1, 0.15) is 30.6 Å². The van der Waals surface area contributed by atoms with E-state index in [2.05, 4.69) is 26.8 Å². The molecule has 0 aliphatic carbocycles. The number of piperidine rings is 1. The van der Waals surface area contributed by atoms with Gasteiger partial charge in [0.05, 0.1) is 28.9 Å². The van der Waals surface area contributed by atoms with E-state index in [4.69, 9.17) is 25.8 Å². The number of halogens is 1. The number of anilines is 2. The van der Waals surface area contributed by atoms with Crippen molar-refractivity contribution in [2.24, 2.45) is 0 Å². The smallest absolute Gasteiger partial charge is 0.245 e. The van der Waals surface area contributed by atoms with Crippen molar-refractivity contribution in [2.75, 3.05) is 25.5 Å². The minimum absolute atomic E-state index is 0.0760. The third-order valence-corrected chi connectivity index (χ3v) is 7.52. The molecule has 4 aromatic rings. The largest absolute Gasteiger partial charge is 0.493 e. The van der Waals surface area contributed by atoms with E-state index in [-0.39, 0.29) is 18.6 Å². The summed E-state index contributed by atoms with van der Waals surface area (Å²) < 4.78 is 18.0. The Hall–Kier alpha value is -4.41. The number of ether oxygens (including phenoxy) is 3. The predicted octanol–water partition coefficient (Wildman–Crippen LogP) is 5.79. The Kier molecular flexibility index (Phi) is 8.98. The zero-order valence-electron chi connectivity index (χ0n) is 24.3. The van der Waals surface area contributed by atoms with Crippen molar-refractivity contribution in [1.29, 1.82) is 0 Å². The number of hydrogen-bond donors (Lipinski definition) is 2. The van der Waals surface area contributed by atoms with Crippen LogP contribution in [0.1, 0.15) is 37.9 Å². The molecule has 3 heterocycles. The summed E-state index contributed by atoms with van der Waals surface area (Å²) in [4.78, 5) is 27.0. The second-order valence-electron chi connectivity index (χ2n) is 10.7. The number of benzene rings is 2. The summed E-state index contributed by atoms with van der Waals surface area (Å²) in [6.45, 7) is 8.35. The number of pyridine rings is 1. The number of carbonyl (C=O) groups is 1. The average Bonchev–Trinajstić information content (AvgIpc) is 3.00. The lowest BCUT2D eigenvalue weighted by atomic mass is 9.96. The Morgan fingerprint density at radius 1 is 1.14 bits per heavy atom. The number of carbonyl (C=O) groups excluding carboxylic acids is 1. The van der Waals surface area contributed by atoms with E-state index >= 15 is 0 Å². The van der Waals surface area contributed by atoms with Crippen LogP contribution in [0, 0.1) is 0 Å². The fourth-order valence-corrected chi connectivity index (χ4v) is 5.17. The molecule has 5 rings (SSSR count). The molecule has 1 saturated heterocycles. The number of methoxy groups -OCH3 is 1. The van der Waals surface area contributed by atoms with E-state index in [1.165, 1.54) is 12.4 Å². The third kappa shape index (κ3) is 6.98. The molecule has 0 atom stereocenters. The maximum Gasteiger partial charge on any atom is 0.245 e. The van der Waals surface area contributed by atoms with Crippen LogP contribution >= 0.6 is 11.6 Å². The van der Waals surface area contributed by atoms with Crippen LogP contribution in [0.2, 0.25) is 5.02 Å². The summed E-state index contributed by atoms with van der Waals surface area (Å²) in [5, 5.41) is 15.5. The summed E-state index contributed by atoms with van der Waals surface area (Å²) in [5.74, 6) is 1.92. The summed E-state index contributed by atoms with van der Waals surface area (Å²) in [6, 6.07) is 12.6. The Morgan fingerprint density at radius 2 is 1.93 bits per heavy atom. The highest BCUT2D eigenvalue weighted by Gasteiger charge is 2.26. The van der Waals surface area contributed by atoms with Gasteiger partial charge in [-0.25, -0.2) is 9.97 Å². The second-order valence-corrected chi connectivity index (χ2v) is 11.1. The number of aliphatic hydroxyl groups is 1. The van der Waals surface area contributed by atoms with Crippen LogP contribution in [-0.4, -0.2) is 57.2 Å². The lowest BCUT2D eigenvalue weighted by molar-refractivity contribution is -0.127. The maximum atomic E-state index is 12.0. The van der Waals surface area contributed by atoms with E-state index < -0.39 is 5.60 Å². The number of fused-ring (bicyclic) bond motifs is 1. The second kappa shape index (κ2) is 12.8. The van der Waals surface area contributed by atoms with Gasteiger partial charge in [-0.05, 0) is 50.3 Å². The third-order valence-electron chi connectivity index (χ3n) is 7.23. The number of hydrogen-bond acceptors (Lipinski definition) is 9. The number of likely N-dealkylation sites (tertiary alicyclic amines) is 1. The summed E-state index contributed by atoms with van der Waals surface area (Å²) in [7, 11) is 1.58. The van der Waals surface area contributed by atoms with Gasteiger partial charge in [-0.1, -0.05) is 24.2 Å². The minimum atomic E-state index is -1.24. The molecule has 0 bridgehead atoms. The van der Waals surface area contributed by atoms with E-state index in [0.717, 1.165) is 5.69 Å². The molecule has 11 heteroatoms. The quantitative estimate of drug-likeness (QED) is 0.217. The fraction of sp³-hybridized carbons (Fsp3) is 0.312. The van der Waals surface area contributed by atoms with Gasteiger partial charge in [0.15, 0.2) is 11.5 Å². The molecule has 0 unspecified atom stereocenters. The van der Waals surface area contributed by atoms with Crippen molar-refractivity contribution in [2.45, 2.75) is 45.0 Å². The zero-order chi connectivity index (χ0) is 30.6. The summed E-state index contributed by atoms with van der Waals surface area (Å²) >= 11 is 6.65. The predicted molar refractivity (Wildman–Crippen MR) is 165 cm³/mol. The van der Waals surface area contributed by atoms with Gasteiger partial charge in [0.25, 0.3) is 0 Å². The highest BCUT2D eigenvalue weighted by molar-refractivity contribution is 6.32. The van der Waals surface area contributed by atoms with Crippen LogP contribution in [0.4, 0.5) is 11.5 Å². The minimum Gasteiger partial charge on any atom is -0.493 e. The summed E-state index contributed by atoms with van der Waals surface area (Å²) in [6.07, 6.45) is 5.75. The van der Waals surface area contributed by atoms with E-state index in [9.17, 15) is 9.90 Å². The van der Waals surface area contributed by atoms with Crippen molar-refractivity contribution in [3.8, 4) is 17.2 Å². The average molecular weight is 604 g/mol. The molecule has 43 heavy (non-hydrogen) atoms. The van der Waals surface area contributed by atoms with Gasteiger partial charge in [0, 0.05) is 54.8 Å². The van der Waals surface area contributed by atoms with Crippen LogP contribution in [0.15, 0.2) is 67.6 Å². The number of aromatic nitrogens is 3. The summed E-state index contributed by atoms with van der Waals surface area (Å²) in [5.41, 5.74) is 1.27. The fourth-order valence-electron chi connectivity index (χ4n) is 4.95. The molecule has 10 nitrogen and oxygen atoms in total. The first-order chi connectivity index (χ1) is 20.7. The van der Waals surface area contributed by atoms with Crippen molar-refractivity contribution >= 4 is 39.9 Å². The molecule has 0 spiro atoms. The lowest BCUT2D eigenvalue weighted by Crippen LogP contribution is -2.41. The van der Waals surface area contributed by atoms with Crippen LogP contribution in [0.3, 0.4) is 0 Å². The molecule has 1 amide bonds. The number of rotatable bonds is 10. The Bertz CT molecular complexity index is 1620. The Labute approximate surface area is 255 Å². The van der Waals surface area contributed by atoms with Gasteiger partial charge in [-0.2, -0.15) is 0 Å². The van der Waals surface area contributed by atoms with Crippen molar-refractivity contribution < 1.29 is 24.1 Å². The lowest BCUT2D eigenvalue weighted by Gasteiger charge is -2.31. The van der Waals surface area contributed by atoms with Crippen LogP contribution in [0.25, 0.3) is 10.9 Å². The number of amides is 1. The molecule has 0 radical (unpaired) electrons. The zero-order valence-corrected chi connectivity index (χ0v) is 25.1. The highest BCUT2D eigenvalue weighted by atomic mass is 35.5. The first-order valence-corrected chi connectivity index (χ1v) is 14.3. The van der Waals surface area contributed by atoms with Crippen LogP contribution < -0.4 is 19.5 Å². The molecule has 0 saturated carbocycles.